The van der Waals surface area contributed by atoms with Gasteiger partial charge in [-0.1, -0.05) is 65.3 Å². The van der Waals surface area contributed by atoms with Crippen LogP contribution in [0.2, 0.25) is 5.02 Å². The Balaban J connectivity index is 1.66. The number of aryl methyl sites for hydroxylation is 1. The summed E-state index contributed by atoms with van der Waals surface area (Å²) in [6, 6.07) is 16.1. The van der Waals surface area contributed by atoms with Crippen molar-refractivity contribution in [3.05, 3.63) is 76.1 Å². The van der Waals surface area contributed by atoms with Gasteiger partial charge >= 0.3 is 0 Å². The molecule has 0 aliphatic rings. The van der Waals surface area contributed by atoms with Crippen LogP contribution in [-0.2, 0) is 12.2 Å². The predicted octanol–water partition coefficient (Wildman–Crippen LogP) is 3.84. The van der Waals surface area contributed by atoms with Crippen molar-refractivity contribution in [1.29, 1.82) is 0 Å². The Hall–Kier alpha value is -1.98. The highest BCUT2D eigenvalue weighted by atomic mass is 35.5. The minimum atomic E-state index is 0.672. The van der Waals surface area contributed by atoms with Crippen LogP contribution in [0.5, 0.6) is 0 Å². The predicted molar refractivity (Wildman–Crippen MR) is 95.2 cm³/mol. The van der Waals surface area contributed by atoms with Crippen LogP contribution in [0.4, 0.5) is 0 Å². The molecule has 0 saturated carbocycles. The summed E-state index contributed by atoms with van der Waals surface area (Å²) in [5, 5.41) is 9.84. The van der Waals surface area contributed by atoms with Crippen molar-refractivity contribution in [1.82, 2.24) is 14.9 Å². The number of nitrogens with two attached hydrogens (primary N) is 1. The molecule has 0 fully saturated rings. The van der Waals surface area contributed by atoms with E-state index in [0.717, 1.165) is 16.6 Å². The molecule has 0 aliphatic heterocycles. The molecule has 0 spiro atoms. The van der Waals surface area contributed by atoms with Crippen molar-refractivity contribution >= 4 is 23.4 Å². The molecule has 0 amide bonds. The van der Waals surface area contributed by atoms with Crippen LogP contribution in [0.3, 0.4) is 0 Å². The maximum Gasteiger partial charge on any atom is 0.210 e. The molecule has 3 rings (SSSR count). The highest BCUT2D eigenvalue weighted by Crippen LogP contribution is 2.22. The average molecular weight is 345 g/mol. The average Bonchev–Trinajstić information content (AvgIpc) is 2.90. The zero-order valence-electron chi connectivity index (χ0n) is 12.7. The number of rotatable bonds is 5. The largest absolute Gasteiger partial charge is 0.336 e. The van der Waals surface area contributed by atoms with Crippen molar-refractivity contribution < 1.29 is 0 Å². The Labute approximate surface area is 144 Å². The molecule has 4 nitrogen and oxygen atoms in total. The number of nitrogens with zero attached hydrogens (tertiary/aromatic N) is 3. The molecule has 0 aliphatic carbocycles. The standard InChI is InChI=1S/C17H17ClN4S/c1-12-2-4-13(5-3-12)10-16-20-21-17(22(16)19)23-11-14-6-8-15(18)9-7-14/h2-9H,10-11,19H2,1H3. The molecule has 0 radical (unpaired) electrons. The number of halogens is 1. The van der Waals surface area contributed by atoms with Crippen LogP contribution in [0.1, 0.15) is 22.5 Å². The molecule has 1 aromatic heterocycles. The van der Waals surface area contributed by atoms with E-state index in [4.69, 9.17) is 17.4 Å². The van der Waals surface area contributed by atoms with E-state index in [2.05, 4.69) is 41.4 Å². The summed E-state index contributed by atoms with van der Waals surface area (Å²) in [7, 11) is 0. The molecule has 2 N–H and O–H groups in total. The van der Waals surface area contributed by atoms with Crippen LogP contribution in [0.15, 0.2) is 53.7 Å². The lowest BCUT2D eigenvalue weighted by molar-refractivity contribution is 0.805. The third kappa shape index (κ3) is 4.06. The van der Waals surface area contributed by atoms with E-state index in [1.807, 2.05) is 24.3 Å². The second-order valence-electron chi connectivity index (χ2n) is 5.35. The Kier molecular flexibility index (Phi) is 4.88. The summed E-state index contributed by atoms with van der Waals surface area (Å²) in [5.74, 6) is 7.65. The van der Waals surface area contributed by atoms with E-state index in [1.165, 1.54) is 16.7 Å². The van der Waals surface area contributed by atoms with E-state index >= 15 is 0 Å². The Bertz CT molecular complexity index is 781. The van der Waals surface area contributed by atoms with E-state index in [-0.39, 0.29) is 0 Å². The van der Waals surface area contributed by atoms with Gasteiger partial charge in [0.2, 0.25) is 5.16 Å². The number of hydrogen-bond acceptors (Lipinski definition) is 4. The lowest BCUT2D eigenvalue weighted by Crippen LogP contribution is -2.14. The second-order valence-corrected chi connectivity index (χ2v) is 6.73. The molecule has 118 valence electrons. The van der Waals surface area contributed by atoms with Crippen LogP contribution in [0.25, 0.3) is 0 Å². The van der Waals surface area contributed by atoms with Crippen LogP contribution >= 0.6 is 23.4 Å². The van der Waals surface area contributed by atoms with Crippen molar-refractivity contribution in [3.63, 3.8) is 0 Å². The maximum absolute atomic E-state index is 6.12. The van der Waals surface area contributed by atoms with Gasteiger partial charge in [-0.2, -0.15) is 0 Å². The molecule has 0 unspecified atom stereocenters. The number of thioether (sulfide) groups is 1. The molecule has 2 aromatic carbocycles. The number of aromatic nitrogens is 3. The minimum Gasteiger partial charge on any atom is -0.336 e. The van der Waals surface area contributed by atoms with Crippen LogP contribution < -0.4 is 5.84 Å². The number of hydrogen-bond donors (Lipinski definition) is 1. The molecule has 3 aromatic rings. The van der Waals surface area contributed by atoms with E-state index in [0.29, 0.717) is 11.6 Å². The van der Waals surface area contributed by atoms with E-state index in [1.54, 1.807) is 16.4 Å². The smallest absolute Gasteiger partial charge is 0.210 e. The Morgan fingerprint density at radius 2 is 1.65 bits per heavy atom. The molecular weight excluding hydrogens is 328 g/mol. The highest BCUT2D eigenvalue weighted by Gasteiger charge is 2.11. The minimum absolute atomic E-state index is 0.672. The first kappa shape index (κ1) is 15.9. The van der Waals surface area contributed by atoms with Gasteiger partial charge in [0.1, 0.15) is 0 Å². The summed E-state index contributed by atoms with van der Waals surface area (Å²) in [6.45, 7) is 2.07. The zero-order valence-corrected chi connectivity index (χ0v) is 14.3. The Morgan fingerprint density at radius 1 is 1.00 bits per heavy atom. The molecule has 1 heterocycles. The number of nitrogen functional groups attached to an aromatic ring is 1. The van der Waals surface area contributed by atoms with Gasteiger partial charge in [0.15, 0.2) is 5.82 Å². The highest BCUT2D eigenvalue weighted by molar-refractivity contribution is 7.98. The summed E-state index contributed by atoms with van der Waals surface area (Å²) >= 11 is 7.45. The topological polar surface area (TPSA) is 56.7 Å². The summed E-state index contributed by atoms with van der Waals surface area (Å²) in [5.41, 5.74) is 3.58. The Morgan fingerprint density at radius 3 is 2.35 bits per heavy atom. The third-order valence-electron chi connectivity index (χ3n) is 3.50. The maximum atomic E-state index is 6.12. The van der Waals surface area contributed by atoms with Crippen molar-refractivity contribution in [2.75, 3.05) is 5.84 Å². The normalized spacial score (nSPS) is 10.9. The van der Waals surface area contributed by atoms with Crippen molar-refractivity contribution in [2.24, 2.45) is 0 Å². The molecule has 0 bridgehead atoms. The second kappa shape index (κ2) is 7.06. The summed E-state index contributed by atoms with van der Waals surface area (Å²) < 4.78 is 1.57. The van der Waals surface area contributed by atoms with Gasteiger partial charge in [0, 0.05) is 17.2 Å². The van der Waals surface area contributed by atoms with E-state index < -0.39 is 0 Å². The summed E-state index contributed by atoms with van der Waals surface area (Å²) in [4.78, 5) is 0. The lowest BCUT2D eigenvalue weighted by Gasteiger charge is -2.04. The zero-order chi connectivity index (χ0) is 16.2. The monoisotopic (exact) mass is 344 g/mol. The van der Waals surface area contributed by atoms with Gasteiger partial charge in [0.05, 0.1) is 0 Å². The van der Waals surface area contributed by atoms with Crippen molar-refractivity contribution in [2.45, 2.75) is 24.3 Å². The van der Waals surface area contributed by atoms with Crippen molar-refractivity contribution in [3.8, 4) is 0 Å². The molecule has 0 atom stereocenters. The summed E-state index contributed by atoms with van der Waals surface area (Å²) in [6.07, 6.45) is 0.672. The fourth-order valence-corrected chi connectivity index (χ4v) is 3.10. The van der Waals surface area contributed by atoms with E-state index in [9.17, 15) is 0 Å². The molecular formula is C17H17ClN4S. The van der Waals surface area contributed by atoms with Gasteiger partial charge in [-0.3, -0.25) is 0 Å². The van der Waals surface area contributed by atoms with Gasteiger partial charge in [-0.05, 0) is 30.2 Å². The van der Waals surface area contributed by atoms with Gasteiger partial charge in [-0.25, -0.2) is 4.68 Å². The van der Waals surface area contributed by atoms with Gasteiger partial charge < -0.3 is 5.84 Å². The number of benzene rings is 2. The van der Waals surface area contributed by atoms with Gasteiger partial charge in [0.25, 0.3) is 0 Å². The first-order valence-corrected chi connectivity index (χ1v) is 8.60. The SMILES string of the molecule is Cc1ccc(Cc2nnc(SCc3ccc(Cl)cc3)n2N)cc1. The molecule has 0 saturated heterocycles. The lowest BCUT2D eigenvalue weighted by atomic mass is 10.1. The quantitative estimate of drug-likeness (QED) is 0.564. The first-order chi connectivity index (χ1) is 11.1. The first-order valence-electron chi connectivity index (χ1n) is 7.24. The van der Waals surface area contributed by atoms with Gasteiger partial charge in [-0.15, -0.1) is 10.2 Å². The van der Waals surface area contributed by atoms with Crippen LogP contribution in [-0.4, -0.2) is 14.9 Å². The molecule has 6 heteroatoms. The fourth-order valence-electron chi connectivity index (χ4n) is 2.14. The fraction of sp³-hybridized carbons (Fsp3) is 0.176. The third-order valence-corrected chi connectivity index (χ3v) is 4.77. The van der Waals surface area contributed by atoms with Crippen LogP contribution in [0, 0.1) is 6.92 Å². The molecule has 23 heavy (non-hydrogen) atoms.